The van der Waals surface area contributed by atoms with E-state index in [1.165, 1.54) is 33.4 Å². The summed E-state index contributed by atoms with van der Waals surface area (Å²) in [6, 6.07) is 62.1. The molecule has 0 aliphatic carbocycles. The fourth-order valence-electron chi connectivity index (χ4n) is 10.5. The summed E-state index contributed by atoms with van der Waals surface area (Å²) in [5.74, 6) is 0.530. The number of ether oxygens (including phenoxy) is 1. The highest BCUT2D eigenvalue weighted by molar-refractivity contribution is 5.78. The fraction of sp³-hybridized carbons (Fsp3) is 0.310. The molecule has 2 unspecified atom stereocenters. The molecule has 0 saturated carbocycles. The first-order chi connectivity index (χ1) is 32.2. The number of rotatable bonds is 18. The second-order valence-electron chi connectivity index (χ2n) is 18.1. The van der Waals surface area contributed by atoms with Crippen LogP contribution in [0.5, 0.6) is 0 Å². The minimum absolute atomic E-state index is 0.265. The highest BCUT2D eigenvalue weighted by atomic mass is 16.5. The molecule has 0 spiro atoms. The van der Waals surface area contributed by atoms with Crippen molar-refractivity contribution in [3.05, 3.63) is 216 Å². The van der Waals surface area contributed by atoms with Crippen LogP contribution in [-0.2, 0) is 4.74 Å². The minimum atomic E-state index is 0.265. The molecule has 7 nitrogen and oxygen atoms in total. The van der Waals surface area contributed by atoms with Crippen molar-refractivity contribution in [1.82, 2.24) is 19.6 Å². The molecule has 0 N–H and O–H groups in total. The van der Waals surface area contributed by atoms with E-state index in [2.05, 4.69) is 189 Å². The summed E-state index contributed by atoms with van der Waals surface area (Å²) in [7, 11) is 0. The van der Waals surface area contributed by atoms with E-state index in [1.807, 2.05) is 0 Å². The smallest absolute Gasteiger partial charge is 0.133 e. The van der Waals surface area contributed by atoms with Gasteiger partial charge in [-0.15, -0.1) is 0 Å². The van der Waals surface area contributed by atoms with Crippen LogP contribution in [0.3, 0.4) is 0 Å². The predicted octanol–water partition coefficient (Wildman–Crippen LogP) is 11.7. The highest BCUT2D eigenvalue weighted by Gasteiger charge is 2.29. The second-order valence-corrected chi connectivity index (χ2v) is 18.1. The summed E-state index contributed by atoms with van der Waals surface area (Å²) in [4.78, 5) is 10.7. The third-order valence-corrected chi connectivity index (χ3v) is 14.1. The zero-order valence-corrected chi connectivity index (χ0v) is 37.5. The molecule has 0 amide bonds. The lowest BCUT2D eigenvalue weighted by Crippen LogP contribution is -2.48. The molecule has 10 rings (SSSR count). The molecule has 2 saturated heterocycles. The van der Waals surface area contributed by atoms with E-state index in [0.29, 0.717) is 13.2 Å². The first kappa shape index (κ1) is 43.1. The Balaban J connectivity index is 0.795. The average molecular weight is 863 g/mol. The SMILES string of the molecule is c1ccc(C(c2ccccc2)N2CCN(CCC(COCC(CCN3CCN(C(c4ccccc4)c4ccccc4)CC3)c3ccc4occc4c3)c3ccc4occc4c3)CC2)cc1. The Bertz CT molecular complexity index is 2390. The Labute approximate surface area is 384 Å². The van der Waals surface area contributed by atoms with Gasteiger partial charge in [0, 0.05) is 75.0 Å². The number of furan rings is 2. The summed E-state index contributed by atoms with van der Waals surface area (Å²) in [6.45, 7) is 11.8. The van der Waals surface area contributed by atoms with Crippen molar-refractivity contribution >= 4 is 21.9 Å². The number of nitrogens with zero attached hydrogens (tertiary/aromatic N) is 4. The van der Waals surface area contributed by atoms with Crippen LogP contribution in [0.4, 0.5) is 0 Å². The summed E-state index contributed by atoms with van der Waals surface area (Å²) in [5.41, 5.74) is 9.96. The van der Waals surface area contributed by atoms with E-state index in [1.54, 1.807) is 12.5 Å². The first-order valence-corrected chi connectivity index (χ1v) is 23.9. The molecule has 0 radical (unpaired) electrons. The van der Waals surface area contributed by atoms with Crippen molar-refractivity contribution in [3.63, 3.8) is 0 Å². The second kappa shape index (κ2) is 21.0. The van der Waals surface area contributed by atoms with Crippen LogP contribution in [0, 0.1) is 0 Å². The molecule has 2 aromatic heterocycles. The molecule has 0 bridgehead atoms. The Hall–Kier alpha value is -5.80. The van der Waals surface area contributed by atoms with Gasteiger partial charge >= 0.3 is 0 Å². The molecule has 2 aliphatic rings. The average Bonchev–Trinajstić information content (AvgIpc) is 4.06. The van der Waals surface area contributed by atoms with Gasteiger partial charge in [0.15, 0.2) is 0 Å². The van der Waals surface area contributed by atoms with Gasteiger partial charge in [0.1, 0.15) is 11.2 Å². The first-order valence-electron chi connectivity index (χ1n) is 23.9. The standard InChI is InChI=1S/C58H62N4O3/c1-5-13-45(14-6-1)57(46-15-7-2-8-16-46)61-35-31-59(32-36-61)29-25-53(49-21-23-55-51(41-49)27-39-64-55)43-63-44-54(50-22-24-56-52(42-50)28-40-65-56)26-30-60-33-37-62(38-34-60)58(47-17-9-3-10-18-47)48-19-11-4-12-20-48/h1-24,27-28,39-42,53-54,57-58H,25-26,29-38,43-44H2. The van der Waals surface area contributed by atoms with Crippen LogP contribution >= 0.6 is 0 Å². The zero-order chi connectivity index (χ0) is 43.6. The third kappa shape index (κ3) is 10.5. The highest BCUT2D eigenvalue weighted by Crippen LogP contribution is 2.33. The van der Waals surface area contributed by atoms with Gasteiger partial charge in [-0.25, -0.2) is 0 Å². The molecular weight excluding hydrogens is 801 g/mol. The van der Waals surface area contributed by atoms with Crippen LogP contribution in [0.25, 0.3) is 21.9 Å². The maximum Gasteiger partial charge on any atom is 0.133 e. The van der Waals surface area contributed by atoms with Gasteiger partial charge in [-0.2, -0.15) is 0 Å². The maximum atomic E-state index is 6.93. The third-order valence-electron chi connectivity index (χ3n) is 14.1. The monoisotopic (exact) mass is 862 g/mol. The van der Waals surface area contributed by atoms with Crippen LogP contribution in [0.2, 0.25) is 0 Å². The number of hydrogen-bond donors (Lipinski definition) is 0. The van der Waals surface area contributed by atoms with Gasteiger partial charge in [0.25, 0.3) is 0 Å². The molecule has 2 aliphatic heterocycles. The minimum Gasteiger partial charge on any atom is -0.464 e. The molecule has 6 aromatic carbocycles. The van der Waals surface area contributed by atoms with E-state index in [9.17, 15) is 0 Å². The quantitative estimate of drug-likeness (QED) is 0.0851. The zero-order valence-electron chi connectivity index (χ0n) is 37.5. The van der Waals surface area contributed by atoms with Gasteiger partial charge in [-0.3, -0.25) is 9.80 Å². The summed E-state index contributed by atoms with van der Waals surface area (Å²) in [5, 5.41) is 2.30. The molecule has 332 valence electrons. The lowest BCUT2D eigenvalue weighted by Gasteiger charge is -2.40. The fourth-order valence-corrected chi connectivity index (χ4v) is 10.5. The van der Waals surface area contributed by atoms with Crippen LogP contribution < -0.4 is 0 Å². The number of piperazine rings is 2. The van der Waals surface area contributed by atoms with Gasteiger partial charge in [-0.1, -0.05) is 133 Å². The van der Waals surface area contributed by atoms with Crippen molar-refractivity contribution < 1.29 is 13.6 Å². The summed E-state index contributed by atoms with van der Waals surface area (Å²) in [6.07, 6.45) is 5.66. The molecule has 2 fully saturated rings. The van der Waals surface area contributed by atoms with Crippen LogP contribution in [-0.4, -0.2) is 98.3 Å². The van der Waals surface area contributed by atoms with Gasteiger partial charge < -0.3 is 23.4 Å². The summed E-state index contributed by atoms with van der Waals surface area (Å²) >= 11 is 0. The van der Waals surface area contributed by atoms with E-state index >= 15 is 0 Å². The van der Waals surface area contributed by atoms with Gasteiger partial charge in [0.05, 0.1) is 37.8 Å². The molecule has 8 aromatic rings. The maximum absolute atomic E-state index is 6.93. The Morgan fingerprint density at radius 3 is 1.09 bits per heavy atom. The van der Waals surface area contributed by atoms with Crippen molar-refractivity contribution in [3.8, 4) is 0 Å². The predicted molar refractivity (Wildman–Crippen MR) is 263 cm³/mol. The Morgan fingerprint density at radius 2 is 0.738 bits per heavy atom. The number of fused-ring (bicyclic) bond motifs is 2. The van der Waals surface area contributed by atoms with Crippen molar-refractivity contribution in [2.45, 2.75) is 36.8 Å². The topological polar surface area (TPSA) is 48.5 Å². The van der Waals surface area contributed by atoms with Crippen molar-refractivity contribution in [2.24, 2.45) is 0 Å². The molecule has 7 heteroatoms. The normalized spacial score (nSPS) is 16.8. The van der Waals surface area contributed by atoms with Gasteiger partial charge in [-0.05, 0) is 95.7 Å². The van der Waals surface area contributed by atoms with Crippen molar-refractivity contribution in [1.29, 1.82) is 0 Å². The molecule has 65 heavy (non-hydrogen) atoms. The lowest BCUT2D eigenvalue weighted by molar-refractivity contribution is 0.0792. The molecule has 2 atom stereocenters. The van der Waals surface area contributed by atoms with E-state index in [4.69, 9.17) is 13.6 Å². The Kier molecular flexibility index (Phi) is 13.9. The van der Waals surface area contributed by atoms with Crippen LogP contribution in [0.1, 0.15) is 70.1 Å². The Morgan fingerprint density at radius 1 is 0.385 bits per heavy atom. The number of benzene rings is 6. The van der Waals surface area contributed by atoms with Gasteiger partial charge in [0.2, 0.25) is 0 Å². The van der Waals surface area contributed by atoms with E-state index in [-0.39, 0.29) is 23.9 Å². The van der Waals surface area contributed by atoms with Crippen molar-refractivity contribution in [2.75, 3.05) is 78.7 Å². The molecule has 4 heterocycles. The largest absolute Gasteiger partial charge is 0.464 e. The summed E-state index contributed by atoms with van der Waals surface area (Å²) < 4.78 is 18.5. The van der Waals surface area contributed by atoms with Crippen LogP contribution in [0.15, 0.2) is 191 Å². The number of hydrogen-bond acceptors (Lipinski definition) is 7. The lowest BCUT2D eigenvalue weighted by atomic mass is 9.93. The van der Waals surface area contributed by atoms with E-state index < -0.39 is 0 Å². The molecular formula is C58H62N4O3. The van der Waals surface area contributed by atoms with E-state index in [0.717, 1.165) is 100 Å².